The maximum absolute atomic E-state index is 12.1. The van der Waals surface area contributed by atoms with Crippen molar-refractivity contribution in [1.82, 2.24) is 5.32 Å². The van der Waals surface area contributed by atoms with Gasteiger partial charge >= 0.3 is 0 Å². The minimum absolute atomic E-state index is 0.0373. The molecule has 2 N–H and O–H groups in total. The Morgan fingerprint density at radius 3 is 2.80 bits per heavy atom. The van der Waals surface area contributed by atoms with Gasteiger partial charge in [0.05, 0.1) is 0 Å². The van der Waals surface area contributed by atoms with Crippen LogP contribution in [0.2, 0.25) is 0 Å². The van der Waals surface area contributed by atoms with Crippen LogP contribution in [0.3, 0.4) is 0 Å². The molecule has 0 radical (unpaired) electrons. The van der Waals surface area contributed by atoms with E-state index in [-0.39, 0.29) is 17.9 Å². The number of fused-ring (bicyclic) bond motifs is 1. The molecule has 4 heteroatoms. The van der Waals surface area contributed by atoms with E-state index < -0.39 is 0 Å². The summed E-state index contributed by atoms with van der Waals surface area (Å²) < 4.78 is 5.52. The summed E-state index contributed by atoms with van der Waals surface area (Å²) in [6.45, 7) is 4.88. The third-order valence-corrected chi connectivity index (χ3v) is 3.39. The second-order valence-corrected chi connectivity index (χ2v) is 5.82. The van der Waals surface area contributed by atoms with E-state index >= 15 is 0 Å². The van der Waals surface area contributed by atoms with E-state index in [0.717, 1.165) is 23.8 Å². The van der Waals surface area contributed by atoms with Gasteiger partial charge in [-0.3, -0.25) is 4.79 Å². The van der Waals surface area contributed by atoms with Gasteiger partial charge in [0.15, 0.2) is 5.76 Å². The Hall–Kier alpha value is -1.81. The maximum atomic E-state index is 12.1. The van der Waals surface area contributed by atoms with Crippen LogP contribution >= 0.6 is 0 Å². The Labute approximate surface area is 118 Å². The Bertz CT molecular complexity index is 553. The molecule has 0 unspecified atom stereocenters. The number of para-hydroxylation sites is 1. The fourth-order valence-corrected chi connectivity index (χ4v) is 2.15. The Morgan fingerprint density at radius 1 is 1.35 bits per heavy atom. The third kappa shape index (κ3) is 3.61. The van der Waals surface area contributed by atoms with Gasteiger partial charge in [-0.05, 0) is 30.4 Å². The van der Waals surface area contributed by atoms with Crippen molar-refractivity contribution >= 4 is 16.9 Å². The molecule has 0 saturated heterocycles. The first kappa shape index (κ1) is 14.6. The predicted molar refractivity (Wildman–Crippen MR) is 78.6 cm³/mol. The van der Waals surface area contributed by atoms with Gasteiger partial charge in [-0.2, -0.15) is 0 Å². The summed E-state index contributed by atoms with van der Waals surface area (Å²) in [5, 5.41) is 12.7. The van der Waals surface area contributed by atoms with E-state index in [1.807, 2.05) is 24.3 Å². The van der Waals surface area contributed by atoms with Crippen LogP contribution in [0.25, 0.3) is 11.0 Å². The molecule has 4 nitrogen and oxygen atoms in total. The lowest BCUT2D eigenvalue weighted by Crippen LogP contribution is -2.33. The summed E-state index contributed by atoms with van der Waals surface area (Å²) in [6, 6.07) is 9.31. The monoisotopic (exact) mass is 275 g/mol. The number of furan rings is 1. The molecule has 1 aromatic heterocycles. The van der Waals surface area contributed by atoms with E-state index in [2.05, 4.69) is 19.2 Å². The van der Waals surface area contributed by atoms with Gasteiger partial charge in [-0.25, -0.2) is 0 Å². The number of benzene rings is 1. The molecule has 1 aromatic carbocycles. The normalized spacial score (nSPS) is 11.8. The van der Waals surface area contributed by atoms with E-state index in [9.17, 15) is 4.79 Å². The van der Waals surface area contributed by atoms with Crippen LogP contribution in [0.4, 0.5) is 0 Å². The summed E-state index contributed by atoms with van der Waals surface area (Å²) >= 11 is 0. The fraction of sp³-hybridized carbons (Fsp3) is 0.438. The van der Waals surface area contributed by atoms with E-state index in [4.69, 9.17) is 9.52 Å². The number of rotatable bonds is 6. The van der Waals surface area contributed by atoms with Crippen molar-refractivity contribution in [2.24, 2.45) is 5.41 Å². The molecule has 0 aliphatic heterocycles. The molecule has 2 rings (SSSR count). The third-order valence-electron chi connectivity index (χ3n) is 3.39. The molecule has 0 bridgehead atoms. The second-order valence-electron chi connectivity index (χ2n) is 5.82. The number of hydrogen-bond donors (Lipinski definition) is 2. The van der Waals surface area contributed by atoms with Crippen molar-refractivity contribution in [2.75, 3.05) is 13.2 Å². The van der Waals surface area contributed by atoms with Gasteiger partial charge in [0.1, 0.15) is 5.58 Å². The molecular weight excluding hydrogens is 254 g/mol. The topological polar surface area (TPSA) is 62.5 Å². The van der Waals surface area contributed by atoms with E-state index in [1.165, 1.54) is 0 Å². The molecule has 0 fully saturated rings. The highest BCUT2D eigenvalue weighted by Crippen LogP contribution is 2.22. The van der Waals surface area contributed by atoms with Gasteiger partial charge in [0, 0.05) is 18.5 Å². The highest BCUT2D eigenvalue weighted by Gasteiger charge is 2.20. The van der Waals surface area contributed by atoms with Crippen LogP contribution in [-0.4, -0.2) is 24.2 Å². The molecular formula is C16H21NO3. The zero-order chi connectivity index (χ0) is 14.6. The molecule has 0 atom stereocenters. The lowest BCUT2D eigenvalue weighted by molar-refractivity contribution is 0.0907. The van der Waals surface area contributed by atoms with Crippen molar-refractivity contribution < 1.29 is 14.3 Å². The SMILES string of the molecule is CC(C)(CCCO)CNC(=O)c1cc2ccccc2o1. The largest absolute Gasteiger partial charge is 0.451 e. The van der Waals surface area contributed by atoms with Crippen LogP contribution in [0.1, 0.15) is 37.2 Å². The molecule has 0 aliphatic carbocycles. The first-order valence-electron chi connectivity index (χ1n) is 6.89. The molecule has 108 valence electrons. The van der Waals surface area contributed by atoms with Crippen LogP contribution in [-0.2, 0) is 0 Å². The summed E-state index contributed by atoms with van der Waals surface area (Å²) in [7, 11) is 0. The van der Waals surface area contributed by atoms with Crippen molar-refractivity contribution in [2.45, 2.75) is 26.7 Å². The lowest BCUT2D eigenvalue weighted by atomic mass is 9.88. The highest BCUT2D eigenvalue weighted by atomic mass is 16.3. The minimum atomic E-state index is -0.196. The molecule has 20 heavy (non-hydrogen) atoms. The summed E-state index contributed by atoms with van der Waals surface area (Å²) in [5.41, 5.74) is 0.682. The molecule has 0 aliphatic rings. The van der Waals surface area contributed by atoms with E-state index in [1.54, 1.807) is 6.07 Å². The number of hydrogen-bond acceptors (Lipinski definition) is 3. The number of nitrogens with one attached hydrogen (secondary N) is 1. The van der Waals surface area contributed by atoms with Crippen molar-refractivity contribution in [3.63, 3.8) is 0 Å². The van der Waals surface area contributed by atoms with Crippen LogP contribution in [0, 0.1) is 5.41 Å². The number of aliphatic hydroxyl groups is 1. The van der Waals surface area contributed by atoms with Crippen molar-refractivity contribution in [1.29, 1.82) is 0 Å². The van der Waals surface area contributed by atoms with Gasteiger partial charge in [-0.15, -0.1) is 0 Å². The molecule has 1 heterocycles. The Kier molecular flexibility index (Phi) is 4.45. The quantitative estimate of drug-likeness (QED) is 0.852. The number of carbonyl (C=O) groups is 1. The molecule has 0 saturated carbocycles. The smallest absolute Gasteiger partial charge is 0.287 e. The molecule has 0 spiro atoms. The van der Waals surface area contributed by atoms with Crippen LogP contribution < -0.4 is 5.32 Å². The first-order valence-corrected chi connectivity index (χ1v) is 6.89. The summed E-state index contributed by atoms with van der Waals surface area (Å²) in [6.07, 6.45) is 1.61. The van der Waals surface area contributed by atoms with Crippen molar-refractivity contribution in [3.05, 3.63) is 36.1 Å². The van der Waals surface area contributed by atoms with E-state index in [0.29, 0.717) is 12.3 Å². The average Bonchev–Trinajstić information content (AvgIpc) is 2.86. The fourth-order valence-electron chi connectivity index (χ4n) is 2.15. The van der Waals surface area contributed by atoms with Gasteiger partial charge < -0.3 is 14.8 Å². The van der Waals surface area contributed by atoms with Crippen LogP contribution in [0.15, 0.2) is 34.7 Å². The standard InChI is InChI=1S/C16H21NO3/c1-16(2,8-5-9-18)11-17-15(19)14-10-12-6-3-4-7-13(12)20-14/h3-4,6-7,10,18H,5,8-9,11H2,1-2H3,(H,17,19). The van der Waals surface area contributed by atoms with Gasteiger partial charge in [-0.1, -0.05) is 32.0 Å². The van der Waals surface area contributed by atoms with Gasteiger partial charge in [0.25, 0.3) is 5.91 Å². The first-order chi connectivity index (χ1) is 9.52. The second kappa shape index (κ2) is 6.09. The average molecular weight is 275 g/mol. The number of aliphatic hydroxyl groups excluding tert-OH is 1. The van der Waals surface area contributed by atoms with Crippen molar-refractivity contribution in [3.8, 4) is 0 Å². The minimum Gasteiger partial charge on any atom is -0.451 e. The predicted octanol–water partition coefficient (Wildman–Crippen LogP) is 2.96. The lowest BCUT2D eigenvalue weighted by Gasteiger charge is -2.24. The highest BCUT2D eigenvalue weighted by molar-refractivity contribution is 5.96. The van der Waals surface area contributed by atoms with Gasteiger partial charge in [0.2, 0.25) is 0 Å². The number of carbonyl (C=O) groups excluding carboxylic acids is 1. The molecule has 1 amide bonds. The van der Waals surface area contributed by atoms with Crippen LogP contribution in [0.5, 0.6) is 0 Å². The Morgan fingerprint density at radius 2 is 2.10 bits per heavy atom. The number of amides is 1. The summed E-state index contributed by atoms with van der Waals surface area (Å²) in [4.78, 5) is 12.1. The molecule has 2 aromatic rings. The zero-order valence-electron chi connectivity index (χ0n) is 12.0. The maximum Gasteiger partial charge on any atom is 0.287 e. The summed E-state index contributed by atoms with van der Waals surface area (Å²) in [5.74, 6) is 0.141. The Balaban J connectivity index is 1.98. The zero-order valence-corrected chi connectivity index (χ0v) is 12.0.